The van der Waals surface area contributed by atoms with Crippen LogP contribution in [0.5, 0.6) is 0 Å². The molecule has 106 valence electrons. The molecule has 0 spiro atoms. The molecule has 0 aliphatic carbocycles. The minimum absolute atomic E-state index is 0.364. The summed E-state index contributed by atoms with van der Waals surface area (Å²) in [6.45, 7) is 5.24. The summed E-state index contributed by atoms with van der Waals surface area (Å²) < 4.78 is 0. The number of rotatable bonds is 5. The molecule has 0 fully saturated rings. The van der Waals surface area contributed by atoms with Crippen LogP contribution >= 0.6 is 0 Å². The quantitative estimate of drug-likeness (QED) is 0.884. The Morgan fingerprint density at radius 2 is 1.75 bits per heavy atom. The third-order valence-electron chi connectivity index (χ3n) is 3.61. The highest BCUT2D eigenvalue weighted by Crippen LogP contribution is 2.16. The molecular formula is C18H24N2. The fraction of sp³-hybridized carbons (Fsp3) is 0.333. The van der Waals surface area contributed by atoms with E-state index in [2.05, 4.69) is 86.7 Å². The maximum absolute atomic E-state index is 3.58. The molecule has 0 aromatic heterocycles. The molecule has 0 bridgehead atoms. The molecule has 2 aromatic carbocycles. The van der Waals surface area contributed by atoms with Crippen LogP contribution in [0.3, 0.4) is 0 Å². The zero-order chi connectivity index (χ0) is 14.5. The van der Waals surface area contributed by atoms with Crippen LogP contribution in [-0.4, -0.2) is 14.1 Å². The van der Waals surface area contributed by atoms with Gasteiger partial charge in [0, 0.05) is 32.4 Å². The van der Waals surface area contributed by atoms with Crippen LogP contribution < -0.4 is 10.2 Å². The lowest BCUT2D eigenvalue weighted by Crippen LogP contribution is -2.18. The Bertz CT molecular complexity index is 544. The van der Waals surface area contributed by atoms with E-state index in [9.17, 15) is 0 Å². The predicted octanol–water partition coefficient (Wildman–Crippen LogP) is 3.91. The smallest absolute Gasteiger partial charge is 0.0361 e. The van der Waals surface area contributed by atoms with Crippen LogP contribution in [0.1, 0.15) is 29.7 Å². The number of nitrogens with one attached hydrogen (secondary N) is 1. The number of aryl methyl sites for hydroxylation is 1. The molecule has 1 N–H and O–H groups in total. The lowest BCUT2D eigenvalue weighted by atomic mass is 10.1. The van der Waals surface area contributed by atoms with Gasteiger partial charge in [0.15, 0.2) is 0 Å². The van der Waals surface area contributed by atoms with Gasteiger partial charge in [-0.3, -0.25) is 0 Å². The van der Waals surface area contributed by atoms with Gasteiger partial charge < -0.3 is 10.2 Å². The fourth-order valence-electron chi connectivity index (χ4n) is 2.24. The Kier molecular flexibility index (Phi) is 4.80. The predicted molar refractivity (Wildman–Crippen MR) is 87.2 cm³/mol. The minimum atomic E-state index is 0.364. The Morgan fingerprint density at radius 3 is 2.35 bits per heavy atom. The summed E-state index contributed by atoms with van der Waals surface area (Å²) in [4.78, 5) is 2.12. The third-order valence-corrected chi connectivity index (χ3v) is 3.61. The van der Waals surface area contributed by atoms with Crippen molar-refractivity contribution in [1.29, 1.82) is 0 Å². The van der Waals surface area contributed by atoms with Gasteiger partial charge in [0.2, 0.25) is 0 Å². The highest BCUT2D eigenvalue weighted by atomic mass is 15.1. The van der Waals surface area contributed by atoms with Crippen LogP contribution in [0, 0.1) is 6.92 Å². The molecule has 0 saturated heterocycles. The molecule has 20 heavy (non-hydrogen) atoms. The molecule has 0 amide bonds. The van der Waals surface area contributed by atoms with Gasteiger partial charge in [0.25, 0.3) is 0 Å². The van der Waals surface area contributed by atoms with Gasteiger partial charge >= 0.3 is 0 Å². The molecule has 0 heterocycles. The van der Waals surface area contributed by atoms with Crippen LogP contribution in [0.4, 0.5) is 5.69 Å². The van der Waals surface area contributed by atoms with Gasteiger partial charge in [-0.25, -0.2) is 0 Å². The largest absolute Gasteiger partial charge is 0.378 e. The van der Waals surface area contributed by atoms with E-state index in [1.807, 2.05) is 0 Å². The van der Waals surface area contributed by atoms with Crippen LogP contribution in [0.15, 0.2) is 48.5 Å². The first kappa shape index (κ1) is 14.6. The molecule has 0 aliphatic rings. The molecule has 1 unspecified atom stereocenters. The SMILES string of the molecule is Cc1cccc(C(C)NCc2ccc(N(C)C)cc2)c1. The van der Waals surface area contributed by atoms with Crippen molar-refractivity contribution >= 4 is 5.69 Å². The molecule has 2 rings (SSSR count). The lowest BCUT2D eigenvalue weighted by molar-refractivity contribution is 0.574. The second kappa shape index (κ2) is 6.58. The van der Waals surface area contributed by atoms with Gasteiger partial charge in [0.1, 0.15) is 0 Å². The summed E-state index contributed by atoms with van der Waals surface area (Å²) in [5.74, 6) is 0. The normalized spacial score (nSPS) is 12.2. The van der Waals surface area contributed by atoms with Gasteiger partial charge in [0.05, 0.1) is 0 Å². The number of anilines is 1. The second-order valence-electron chi connectivity index (χ2n) is 5.58. The van der Waals surface area contributed by atoms with Crippen molar-refractivity contribution in [2.45, 2.75) is 26.4 Å². The topological polar surface area (TPSA) is 15.3 Å². The van der Waals surface area contributed by atoms with Gasteiger partial charge in [-0.2, -0.15) is 0 Å². The van der Waals surface area contributed by atoms with E-state index in [0.29, 0.717) is 6.04 Å². The van der Waals surface area contributed by atoms with Crippen molar-refractivity contribution in [3.8, 4) is 0 Å². The van der Waals surface area contributed by atoms with E-state index in [4.69, 9.17) is 0 Å². The Labute approximate surface area is 122 Å². The van der Waals surface area contributed by atoms with E-state index in [1.54, 1.807) is 0 Å². The first-order valence-electron chi connectivity index (χ1n) is 7.12. The monoisotopic (exact) mass is 268 g/mol. The number of hydrogen-bond donors (Lipinski definition) is 1. The standard InChI is InChI=1S/C18H24N2/c1-14-6-5-7-17(12-14)15(2)19-13-16-8-10-18(11-9-16)20(3)4/h5-12,15,19H,13H2,1-4H3. The fourth-order valence-corrected chi connectivity index (χ4v) is 2.24. The molecule has 0 radical (unpaired) electrons. The average Bonchev–Trinajstić information content (AvgIpc) is 2.45. The summed E-state index contributed by atoms with van der Waals surface area (Å²) in [6.07, 6.45) is 0. The van der Waals surface area contributed by atoms with Crippen LogP contribution in [-0.2, 0) is 6.54 Å². The van der Waals surface area contributed by atoms with E-state index < -0.39 is 0 Å². The average molecular weight is 268 g/mol. The molecule has 2 nitrogen and oxygen atoms in total. The Balaban J connectivity index is 1.94. The summed E-state index contributed by atoms with van der Waals surface area (Å²) in [6, 6.07) is 17.7. The molecule has 1 atom stereocenters. The van der Waals surface area contributed by atoms with Crippen molar-refractivity contribution < 1.29 is 0 Å². The maximum Gasteiger partial charge on any atom is 0.0361 e. The van der Waals surface area contributed by atoms with Gasteiger partial charge in [-0.05, 0) is 37.1 Å². The van der Waals surface area contributed by atoms with E-state index in [-0.39, 0.29) is 0 Å². The highest BCUT2D eigenvalue weighted by molar-refractivity contribution is 5.46. The highest BCUT2D eigenvalue weighted by Gasteiger charge is 2.05. The Hall–Kier alpha value is -1.80. The first-order valence-corrected chi connectivity index (χ1v) is 7.12. The number of benzene rings is 2. The number of hydrogen-bond acceptors (Lipinski definition) is 2. The second-order valence-corrected chi connectivity index (χ2v) is 5.58. The Morgan fingerprint density at radius 1 is 1.05 bits per heavy atom. The van der Waals surface area contributed by atoms with Crippen molar-refractivity contribution in [2.75, 3.05) is 19.0 Å². The van der Waals surface area contributed by atoms with Crippen LogP contribution in [0.25, 0.3) is 0 Å². The summed E-state index contributed by atoms with van der Waals surface area (Å²) in [5.41, 5.74) is 5.21. The van der Waals surface area contributed by atoms with Crippen molar-refractivity contribution in [3.05, 3.63) is 65.2 Å². The maximum atomic E-state index is 3.58. The molecular weight excluding hydrogens is 244 g/mol. The summed E-state index contributed by atoms with van der Waals surface area (Å²) >= 11 is 0. The van der Waals surface area contributed by atoms with Crippen molar-refractivity contribution in [3.63, 3.8) is 0 Å². The first-order chi connectivity index (χ1) is 9.56. The zero-order valence-electron chi connectivity index (χ0n) is 12.9. The van der Waals surface area contributed by atoms with E-state index in [1.165, 1.54) is 22.4 Å². The van der Waals surface area contributed by atoms with Crippen LogP contribution in [0.2, 0.25) is 0 Å². The summed E-state index contributed by atoms with van der Waals surface area (Å²) in [5, 5.41) is 3.58. The van der Waals surface area contributed by atoms with Gasteiger partial charge in [-0.1, -0.05) is 42.0 Å². The van der Waals surface area contributed by atoms with E-state index >= 15 is 0 Å². The molecule has 0 saturated carbocycles. The minimum Gasteiger partial charge on any atom is -0.378 e. The third kappa shape index (κ3) is 3.84. The van der Waals surface area contributed by atoms with Gasteiger partial charge in [-0.15, -0.1) is 0 Å². The lowest BCUT2D eigenvalue weighted by Gasteiger charge is -2.16. The zero-order valence-corrected chi connectivity index (χ0v) is 12.9. The van der Waals surface area contributed by atoms with Crippen molar-refractivity contribution in [1.82, 2.24) is 5.32 Å². The van der Waals surface area contributed by atoms with E-state index in [0.717, 1.165) is 6.54 Å². The number of nitrogens with zero attached hydrogens (tertiary/aromatic N) is 1. The molecule has 0 aliphatic heterocycles. The molecule has 2 aromatic rings. The molecule has 2 heteroatoms. The van der Waals surface area contributed by atoms with Crippen molar-refractivity contribution in [2.24, 2.45) is 0 Å². The summed E-state index contributed by atoms with van der Waals surface area (Å²) in [7, 11) is 4.13.